The van der Waals surface area contributed by atoms with Crippen molar-refractivity contribution in [1.82, 2.24) is 4.98 Å². The van der Waals surface area contributed by atoms with E-state index in [9.17, 15) is 4.79 Å². The van der Waals surface area contributed by atoms with Crippen LogP contribution in [0.5, 0.6) is 5.75 Å². The molecular weight excluding hydrogens is 479 g/mol. The zero-order valence-corrected chi connectivity index (χ0v) is 19.6. The first-order valence-electron chi connectivity index (χ1n) is 9.92. The second-order valence-corrected chi connectivity index (χ2v) is 9.02. The molecule has 5 nitrogen and oxygen atoms in total. The number of thiazole rings is 1. The Kier molecular flexibility index (Phi) is 5.81. The molecule has 0 atom stereocenters. The van der Waals surface area contributed by atoms with E-state index in [1.54, 1.807) is 54.8 Å². The first-order valence-corrected chi connectivity index (χ1v) is 11.5. The Hall–Kier alpha value is -3.32. The maximum absolute atomic E-state index is 12.9. The standard InChI is InChI=1S/C25H16Cl2N2O3S/c1-31-21-9-6-14(25-29-18-4-2-3-5-23(18)33-25)12-19(21)28-24(30)22-11-10-20(32-22)16-8-7-15(26)13-17(16)27/h2-13H,1H3,(H,28,30). The number of carbonyl (C=O) groups excluding carboxylic acids is 1. The Morgan fingerprint density at radius 1 is 1.03 bits per heavy atom. The van der Waals surface area contributed by atoms with Gasteiger partial charge in [-0.3, -0.25) is 4.79 Å². The summed E-state index contributed by atoms with van der Waals surface area (Å²) in [6.45, 7) is 0. The van der Waals surface area contributed by atoms with Crippen LogP contribution in [0.1, 0.15) is 10.6 Å². The van der Waals surface area contributed by atoms with E-state index in [1.165, 1.54) is 0 Å². The third-order valence-electron chi connectivity index (χ3n) is 5.01. The summed E-state index contributed by atoms with van der Waals surface area (Å²) in [5, 5.41) is 4.69. The maximum Gasteiger partial charge on any atom is 0.291 e. The Morgan fingerprint density at radius 3 is 2.67 bits per heavy atom. The van der Waals surface area contributed by atoms with Crippen LogP contribution in [0.3, 0.4) is 0 Å². The average Bonchev–Trinajstić information content (AvgIpc) is 3.46. The van der Waals surface area contributed by atoms with Crippen LogP contribution in [0.15, 0.2) is 77.2 Å². The van der Waals surface area contributed by atoms with E-state index in [0.29, 0.717) is 32.8 Å². The highest BCUT2D eigenvalue weighted by Gasteiger charge is 2.17. The number of aromatic nitrogens is 1. The lowest BCUT2D eigenvalue weighted by Gasteiger charge is -2.10. The molecule has 0 unspecified atom stereocenters. The van der Waals surface area contributed by atoms with Gasteiger partial charge in [0.05, 0.1) is 28.0 Å². The lowest BCUT2D eigenvalue weighted by molar-refractivity contribution is 0.0997. The highest BCUT2D eigenvalue weighted by atomic mass is 35.5. The van der Waals surface area contributed by atoms with Gasteiger partial charge in [0.1, 0.15) is 16.5 Å². The second-order valence-electron chi connectivity index (χ2n) is 7.14. The van der Waals surface area contributed by atoms with Crippen LogP contribution in [-0.4, -0.2) is 18.0 Å². The fourth-order valence-electron chi connectivity index (χ4n) is 3.41. The third kappa shape index (κ3) is 4.33. The van der Waals surface area contributed by atoms with Crippen molar-refractivity contribution in [3.8, 4) is 27.6 Å². The highest BCUT2D eigenvalue weighted by Crippen LogP contribution is 2.36. The second kappa shape index (κ2) is 8.90. The summed E-state index contributed by atoms with van der Waals surface area (Å²) in [5.74, 6) is 0.729. The number of carbonyl (C=O) groups is 1. The van der Waals surface area contributed by atoms with Crippen LogP contribution in [-0.2, 0) is 0 Å². The summed E-state index contributed by atoms with van der Waals surface area (Å²) in [6.07, 6.45) is 0. The number of amides is 1. The van der Waals surface area contributed by atoms with Crippen molar-refractivity contribution >= 4 is 56.3 Å². The molecule has 0 saturated heterocycles. The van der Waals surface area contributed by atoms with E-state index in [1.807, 2.05) is 36.4 Å². The molecule has 2 aromatic heterocycles. The molecule has 3 aromatic carbocycles. The van der Waals surface area contributed by atoms with E-state index in [-0.39, 0.29) is 5.76 Å². The molecule has 5 rings (SSSR count). The number of methoxy groups -OCH3 is 1. The van der Waals surface area contributed by atoms with E-state index in [4.69, 9.17) is 37.3 Å². The van der Waals surface area contributed by atoms with Crippen LogP contribution >= 0.6 is 34.5 Å². The number of para-hydroxylation sites is 1. The molecule has 1 N–H and O–H groups in total. The van der Waals surface area contributed by atoms with Gasteiger partial charge in [-0.05, 0) is 60.7 Å². The highest BCUT2D eigenvalue weighted by molar-refractivity contribution is 7.21. The molecule has 0 aliphatic rings. The summed E-state index contributed by atoms with van der Waals surface area (Å²) in [7, 11) is 1.55. The van der Waals surface area contributed by atoms with Gasteiger partial charge in [-0.1, -0.05) is 35.3 Å². The number of benzene rings is 3. The number of ether oxygens (including phenoxy) is 1. The minimum atomic E-state index is -0.411. The number of fused-ring (bicyclic) bond motifs is 1. The van der Waals surface area contributed by atoms with Crippen LogP contribution in [0.2, 0.25) is 10.0 Å². The van der Waals surface area contributed by atoms with Crippen LogP contribution in [0.4, 0.5) is 5.69 Å². The van der Waals surface area contributed by atoms with Gasteiger partial charge in [-0.25, -0.2) is 4.98 Å². The third-order valence-corrected chi connectivity index (χ3v) is 6.65. The maximum atomic E-state index is 12.9. The number of furan rings is 1. The Morgan fingerprint density at radius 2 is 1.88 bits per heavy atom. The van der Waals surface area contributed by atoms with E-state index >= 15 is 0 Å². The molecule has 33 heavy (non-hydrogen) atoms. The Balaban J connectivity index is 1.43. The molecule has 0 radical (unpaired) electrons. The molecular formula is C25H16Cl2N2O3S. The molecule has 8 heteroatoms. The molecule has 0 saturated carbocycles. The van der Waals surface area contributed by atoms with Gasteiger partial charge in [0, 0.05) is 16.1 Å². The zero-order chi connectivity index (χ0) is 22.9. The quantitative estimate of drug-likeness (QED) is 0.270. The normalized spacial score (nSPS) is 11.0. The van der Waals surface area contributed by atoms with E-state index in [0.717, 1.165) is 20.8 Å². The van der Waals surface area contributed by atoms with Crippen molar-refractivity contribution in [3.63, 3.8) is 0 Å². The first-order chi connectivity index (χ1) is 16.0. The zero-order valence-electron chi connectivity index (χ0n) is 17.3. The monoisotopic (exact) mass is 494 g/mol. The molecule has 0 bridgehead atoms. The summed E-state index contributed by atoms with van der Waals surface area (Å²) < 4.78 is 12.3. The smallest absolute Gasteiger partial charge is 0.291 e. The minimum Gasteiger partial charge on any atom is -0.495 e. The van der Waals surface area contributed by atoms with Crippen LogP contribution in [0.25, 0.3) is 32.1 Å². The van der Waals surface area contributed by atoms with Gasteiger partial charge in [0.2, 0.25) is 0 Å². The first kappa shape index (κ1) is 21.5. The van der Waals surface area contributed by atoms with Gasteiger partial charge in [-0.15, -0.1) is 11.3 Å². The summed E-state index contributed by atoms with van der Waals surface area (Å²) in [5.41, 5.74) is 2.97. The predicted molar refractivity (Wildman–Crippen MR) is 134 cm³/mol. The average molecular weight is 495 g/mol. The number of hydrogen-bond donors (Lipinski definition) is 1. The number of nitrogens with one attached hydrogen (secondary N) is 1. The molecule has 0 aliphatic carbocycles. The summed E-state index contributed by atoms with van der Waals surface area (Å²) in [6, 6.07) is 21.9. The lowest BCUT2D eigenvalue weighted by atomic mass is 10.2. The van der Waals surface area contributed by atoms with Gasteiger partial charge >= 0.3 is 0 Å². The van der Waals surface area contributed by atoms with Crippen LogP contribution < -0.4 is 10.1 Å². The van der Waals surface area contributed by atoms with Gasteiger partial charge in [-0.2, -0.15) is 0 Å². The molecule has 2 heterocycles. The van der Waals surface area contributed by atoms with E-state index in [2.05, 4.69) is 5.32 Å². The largest absolute Gasteiger partial charge is 0.495 e. The predicted octanol–water partition coefficient (Wildman–Crippen LogP) is 7.79. The van der Waals surface area contributed by atoms with E-state index < -0.39 is 5.91 Å². The van der Waals surface area contributed by atoms with Crippen molar-refractivity contribution in [2.75, 3.05) is 12.4 Å². The van der Waals surface area contributed by atoms with Crippen molar-refractivity contribution < 1.29 is 13.9 Å². The van der Waals surface area contributed by atoms with Gasteiger partial charge < -0.3 is 14.5 Å². The minimum absolute atomic E-state index is 0.142. The molecule has 5 aromatic rings. The number of hydrogen-bond acceptors (Lipinski definition) is 5. The topological polar surface area (TPSA) is 64.4 Å². The molecule has 0 spiro atoms. The lowest BCUT2D eigenvalue weighted by Crippen LogP contribution is -2.11. The number of anilines is 1. The molecule has 0 aliphatic heterocycles. The number of halogens is 2. The number of rotatable bonds is 5. The van der Waals surface area contributed by atoms with Gasteiger partial charge in [0.15, 0.2) is 5.76 Å². The Labute approximate surface area is 203 Å². The fourth-order valence-corrected chi connectivity index (χ4v) is 4.88. The van der Waals surface area contributed by atoms with Gasteiger partial charge in [0.25, 0.3) is 5.91 Å². The van der Waals surface area contributed by atoms with Crippen molar-refractivity contribution in [2.45, 2.75) is 0 Å². The van der Waals surface area contributed by atoms with Crippen molar-refractivity contribution in [2.24, 2.45) is 0 Å². The fraction of sp³-hybridized carbons (Fsp3) is 0.0400. The Bertz CT molecular complexity index is 1460. The SMILES string of the molecule is COc1ccc(-c2nc3ccccc3s2)cc1NC(=O)c1ccc(-c2ccc(Cl)cc2Cl)o1. The van der Waals surface area contributed by atoms with Crippen molar-refractivity contribution in [3.05, 3.63) is 88.6 Å². The molecule has 164 valence electrons. The van der Waals surface area contributed by atoms with Crippen molar-refractivity contribution in [1.29, 1.82) is 0 Å². The van der Waals surface area contributed by atoms with Crippen LogP contribution in [0, 0.1) is 0 Å². The summed E-state index contributed by atoms with van der Waals surface area (Å²) in [4.78, 5) is 17.6. The molecule has 1 amide bonds. The molecule has 0 fully saturated rings. The summed E-state index contributed by atoms with van der Waals surface area (Å²) >= 11 is 13.8. The number of nitrogens with zero attached hydrogens (tertiary/aromatic N) is 1.